The van der Waals surface area contributed by atoms with E-state index in [9.17, 15) is 9.59 Å². The molecular weight excluding hydrogens is 488 g/mol. The van der Waals surface area contributed by atoms with Crippen molar-refractivity contribution >= 4 is 23.2 Å². The number of carbonyl (C=O) groups is 2. The lowest BCUT2D eigenvalue weighted by Crippen LogP contribution is -2.30. The molecule has 3 aromatic rings. The summed E-state index contributed by atoms with van der Waals surface area (Å²) in [6.07, 6.45) is 4.67. The van der Waals surface area contributed by atoms with Crippen LogP contribution in [-0.4, -0.2) is 68.0 Å². The molecule has 2 saturated heterocycles. The van der Waals surface area contributed by atoms with Crippen LogP contribution in [-0.2, 0) is 9.59 Å². The number of hydrogen-bond donors (Lipinski definition) is 2. The maximum atomic E-state index is 12.5. The van der Waals surface area contributed by atoms with Crippen molar-refractivity contribution in [2.45, 2.75) is 31.6 Å². The first-order chi connectivity index (χ1) is 19.1. The van der Waals surface area contributed by atoms with Gasteiger partial charge >= 0.3 is 0 Å². The Bertz CT molecular complexity index is 1150. The van der Waals surface area contributed by atoms with Crippen molar-refractivity contribution < 1.29 is 14.3 Å². The second kappa shape index (κ2) is 12.9. The zero-order chi connectivity index (χ0) is 27.0. The number of amides is 2. The number of ether oxygens (including phenoxy) is 1. The molecule has 5 rings (SSSR count). The topological polar surface area (TPSA) is 73.9 Å². The highest BCUT2D eigenvalue weighted by Crippen LogP contribution is 2.34. The lowest BCUT2D eigenvalue weighted by atomic mass is 9.85. The lowest BCUT2D eigenvalue weighted by molar-refractivity contribution is -0.117. The van der Waals surface area contributed by atoms with Crippen molar-refractivity contribution in [1.29, 1.82) is 0 Å². The molecule has 0 spiro atoms. The van der Waals surface area contributed by atoms with E-state index in [1.807, 2.05) is 36.4 Å². The predicted octanol–water partition coefficient (Wildman–Crippen LogP) is 4.94. The van der Waals surface area contributed by atoms with E-state index in [1.165, 1.54) is 25.7 Å². The quantitative estimate of drug-likeness (QED) is 0.366. The van der Waals surface area contributed by atoms with Crippen LogP contribution in [0, 0.1) is 0 Å². The summed E-state index contributed by atoms with van der Waals surface area (Å²) >= 11 is 0. The molecule has 39 heavy (non-hydrogen) atoms. The molecule has 2 N–H and O–H groups in total. The summed E-state index contributed by atoms with van der Waals surface area (Å²) in [6.45, 7) is 4.87. The average Bonchev–Trinajstić information content (AvgIpc) is 3.66. The number of nitrogens with one attached hydrogen (secondary N) is 2. The van der Waals surface area contributed by atoms with E-state index in [0.29, 0.717) is 13.1 Å². The number of nitrogens with zero attached hydrogens (tertiary/aromatic N) is 2. The van der Waals surface area contributed by atoms with E-state index in [1.54, 1.807) is 7.11 Å². The third kappa shape index (κ3) is 7.25. The molecule has 2 aliphatic rings. The molecule has 2 heterocycles. The Morgan fingerprint density at radius 3 is 1.36 bits per heavy atom. The monoisotopic (exact) mass is 526 g/mol. The molecule has 204 valence electrons. The molecule has 2 fully saturated rings. The fourth-order valence-electron chi connectivity index (χ4n) is 5.58. The Labute approximate surface area is 231 Å². The van der Waals surface area contributed by atoms with Gasteiger partial charge < -0.3 is 15.4 Å². The number of hydrogen-bond acceptors (Lipinski definition) is 5. The minimum absolute atomic E-state index is 0.0143. The van der Waals surface area contributed by atoms with E-state index in [4.69, 9.17) is 4.74 Å². The van der Waals surface area contributed by atoms with Crippen molar-refractivity contribution in [2.24, 2.45) is 0 Å². The van der Waals surface area contributed by atoms with Gasteiger partial charge in [0, 0.05) is 17.3 Å². The highest BCUT2D eigenvalue weighted by Gasteiger charge is 2.19. The van der Waals surface area contributed by atoms with Gasteiger partial charge in [0.2, 0.25) is 11.8 Å². The fourth-order valence-corrected chi connectivity index (χ4v) is 5.58. The zero-order valence-electron chi connectivity index (χ0n) is 22.7. The highest BCUT2D eigenvalue weighted by atomic mass is 16.5. The van der Waals surface area contributed by atoms with Crippen LogP contribution in [0.3, 0.4) is 0 Å². The van der Waals surface area contributed by atoms with Crippen LogP contribution in [0.5, 0.6) is 5.75 Å². The van der Waals surface area contributed by atoms with E-state index < -0.39 is 0 Å². The van der Waals surface area contributed by atoms with Crippen LogP contribution in [0.15, 0.2) is 72.8 Å². The Kier molecular flexibility index (Phi) is 8.91. The zero-order valence-corrected chi connectivity index (χ0v) is 22.7. The van der Waals surface area contributed by atoms with Crippen molar-refractivity contribution in [3.63, 3.8) is 0 Å². The molecule has 7 nitrogen and oxygen atoms in total. The van der Waals surface area contributed by atoms with Gasteiger partial charge in [0.1, 0.15) is 5.75 Å². The van der Waals surface area contributed by atoms with Gasteiger partial charge in [-0.2, -0.15) is 0 Å². The van der Waals surface area contributed by atoms with E-state index in [0.717, 1.165) is 60.0 Å². The van der Waals surface area contributed by atoms with Crippen LogP contribution in [0.4, 0.5) is 11.4 Å². The van der Waals surface area contributed by atoms with Gasteiger partial charge in [-0.15, -0.1) is 0 Å². The fraction of sp³-hybridized carbons (Fsp3) is 0.375. The van der Waals surface area contributed by atoms with Gasteiger partial charge in [-0.25, -0.2) is 0 Å². The molecule has 2 aliphatic heterocycles. The molecule has 2 amide bonds. The van der Waals surface area contributed by atoms with Crippen molar-refractivity contribution in [3.05, 3.63) is 89.5 Å². The Hall–Kier alpha value is -3.68. The molecule has 7 heteroatoms. The van der Waals surface area contributed by atoms with Gasteiger partial charge in [0.05, 0.1) is 20.2 Å². The highest BCUT2D eigenvalue weighted by molar-refractivity contribution is 5.92. The molecule has 0 radical (unpaired) electrons. The first-order valence-electron chi connectivity index (χ1n) is 14.0. The summed E-state index contributed by atoms with van der Waals surface area (Å²) in [4.78, 5) is 29.4. The van der Waals surface area contributed by atoms with Crippen molar-refractivity contribution in [2.75, 3.05) is 57.0 Å². The minimum Gasteiger partial charge on any atom is -0.497 e. The number of methoxy groups -OCH3 is 1. The standard InChI is InChI=1S/C32H38N4O3/c1-39-29-16-10-26(11-17-29)32(24-6-12-27(13-7-24)33-30(37)22-35-18-2-3-19-35)25-8-14-28(15-9-25)34-31(38)23-36-20-4-5-21-36/h6-17,32H,2-5,18-23H2,1H3,(H,33,37)(H,34,38). The normalized spacial score (nSPS) is 15.9. The van der Waals surface area contributed by atoms with E-state index in [-0.39, 0.29) is 17.7 Å². The minimum atomic E-state index is -0.0143. The summed E-state index contributed by atoms with van der Waals surface area (Å²) in [5.74, 6) is 0.849. The predicted molar refractivity (Wildman–Crippen MR) is 155 cm³/mol. The Morgan fingerprint density at radius 1 is 0.641 bits per heavy atom. The molecule has 0 aliphatic carbocycles. The Morgan fingerprint density at radius 2 is 1.00 bits per heavy atom. The summed E-state index contributed by atoms with van der Waals surface area (Å²) in [6, 6.07) is 24.3. The second-order valence-corrected chi connectivity index (χ2v) is 10.5. The molecule has 0 unspecified atom stereocenters. The first-order valence-corrected chi connectivity index (χ1v) is 14.0. The number of anilines is 2. The van der Waals surface area contributed by atoms with Gasteiger partial charge in [0.15, 0.2) is 0 Å². The first kappa shape index (κ1) is 26.9. The Balaban J connectivity index is 1.31. The van der Waals surface area contributed by atoms with Gasteiger partial charge in [0.25, 0.3) is 0 Å². The summed E-state index contributed by atoms with van der Waals surface area (Å²) in [5, 5.41) is 6.08. The number of carbonyl (C=O) groups excluding carboxylic acids is 2. The average molecular weight is 527 g/mol. The van der Waals surface area contributed by atoms with Crippen molar-refractivity contribution in [3.8, 4) is 5.75 Å². The van der Waals surface area contributed by atoms with E-state index >= 15 is 0 Å². The van der Waals surface area contributed by atoms with E-state index in [2.05, 4.69) is 56.8 Å². The van der Waals surface area contributed by atoms with Crippen LogP contribution in [0.1, 0.15) is 48.3 Å². The second-order valence-electron chi connectivity index (χ2n) is 10.5. The summed E-state index contributed by atoms with van der Waals surface area (Å²) in [7, 11) is 1.67. The molecule has 0 atom stereocenters. The molecule has 0 bridgehead atoms. The van der Waals surface area contributed by atoms with Crippen LogP contribution in [0.2, 0.25) is 0 Å². The number of likely N-dealkylation sites (tertiary alicyclic amines) is 2. The molecule has 3 aromatic carbocycles. The maximum absolute atomic E-state index is 12.5. The largest absolute Gasteiger partial charge is 0.497 e. The SMILES string of the molecule is COc1ccc(C(c2ccc(NC(=O)CN3CCCC3)cc2)c2ccc(NC(=O)CN3CCCC3)cc2)cc1. The van der Waals surface area contributed by atoms with Crippen LogP contribution >= 0.6 is 0 Å². The smallest absolute Gasteiger partial charge is 0.238 e. The van der Waals surface area contributed by atoms with Crippen LogP contribution in [0.25, 0.3) is 0 Å². The van der Waals surface area contributed by atoms with Gasteiger partial charge in [-0.1, -0.05) is 36.4 Å². The summed E-state index contributed by atoms with van der Waals surface area (Å²) in [5.41, 5.74) is 4.96. The molecular formula is C32H38N4O3. The molecule has 0 aromatic heterocycles. The lowest BCUT2D eigenvalue weighted by Gasteiger charge is -2.21. The number of rotatable bonds is 10. The van der Waals surface area contributed by atoms with Gasteiger partial charge in [-0.05, 0) is 105 Å². The summed E-state index contributed by atoms with van der Waals surface area (Å²) < 4.78 is 5.37. The third-order valence-electron chi connectivity index (χ3n) is 7.64. The van der Waals surface area contributed by atoms with Crippen molar-refractivity contribution in [1.82, 2.24) is 9.80 Å². The maximum Gasteiger partial charge on any atom is 0.238 e. The third-order valence-corrected chi connectivity index (χ3v) is 7.64. The molecule has 0 saturated carbocycles. The van der Waals surface area contributed by atoms with Crippen LogP contribution < -0.4 is 15.4 Å². The number of benzene rings is 3. The van der Waals surface area contributed by atoms with Gasteiger partial charge in [-0.3, -0.25) is 19.4 Å².